The fourth-order valence-corrected chi connectivity index (χ4v) is 6.33. The topological polar surface area (TPSA) is 162 Å². The van der Waals surface area contributed by atoms with E-state index >= 15 is 0 Å². The molecule has 5 rings (SSSR count). The maximum atomic E-state index is 14.1. The zero-order valence-corrected chi connectivity index (χ0v) is 29.5. The highest BCUT2D eigenvalue weighted by molar-refractivity contribution is 6.00. The Balaban J connectivity index is 1.44. The number of carboxylic acid groups (broad SMARTS) is 1. The fourth-order valence-electron chi connectivity index (χ4n) is 6.33. The quantitative estimate of drug-likeness (QED) is 0.135. The number of likely N-dealkylation sites (tertiary alicyclic amines) is 1. The molecule has 3 amide bonds. The van der Waals surface area contributed by atoms with Gasteiger partial charge in [-0.05, 0) is 90.5 Å². The summed E-state index contributed by atoms with van der Waals surface area (Å²) in [6, 6.07) is 23.5. The van der Waals surface area contributed by atoms with E-state index in [0.29, 0.717) is 24.0 Å². The number of rotatable bonds is 16. The molecule has 3 heterocycles. The Labute approximate surface area is 303 Å². The molecular formula is C40H44N6O6. The van der Waals surface area contributed by atoms with E-state index in [-0.39, 0.29) is 41.3 Å². The fraction of sp³-hybridized carbons (Fsp3) is 0.325. The monoisotopic (exact) mass is 704 g/mol. The lowest BCUT2D eigenvalue weighted by atomic mass is 10.0. The van der Waals surface area contributed by atoms with Crippen LogP contribution >= 0.6 is 0 Å². The van der Waals surface area contributed by atoms with Crippen molar-refractivity contribution in [3.63, 3.8) is 0 Å². The molecule has 2 aromatic heterocycles. The van der Waals surface area contributed by atoms with E-state index in [1.807, 2.05) is 54.6 Å². The number of likely N-dealkylation sites (N-methyl/N-ethyl adjacent to an activating group) is 1. The molecule has 1 atom stereocenters. The molecule has 4 aromatic rings. The molecule has 0 spiro atoms. The number of aromatic nitrogens is 2. The van der Waals surface area contributed by atoms with Crippen molar-refractivity contribution in [3.05, 3.63) is 107 Å². The van der Waals surface area contributed by atoms with Crippen LogP contribution in [0.5, 0.6) is 0 Å². The third kappa shape index (κ3) is 9.73. The number of pyridine rings is 2. The van der Waals surface area contributed by atoms with Crippen molar-refractivity contribution >= 4 is 30.0 Å². The van der Waals surface area contributed by atoms with Crippen LogP contribution in [0.1, 0.15) is 87.0 Å². The predicted molar refractivity (Wildman–Crippen MR) is 197 cm³/mol. The molecule has 270 valence electrons. The first-order valence-corrected chi connectivity index (χ1v) is 17.6. The van der Waals surface area contributed by atoms with Crippen molar-refractivity contribution in [3.8, 4) is 22.3 Å². The first-order chi connectivity index (χ1) is 25.2. The maximum Gasteiger partial charge on any atom is 0.322 e. The molecule has 1 saturated heterocycles. The van der Waals surface area contributed by atoms with Crippen LogP contribution in [0.3, 0.4) is 0 Å². The van der Waals surface area contributed by atoms with Gasteiger partial charge in [-0.2, -0.15) is 0 Å². The van der Waals surface area contributed by atoms with Gasteiger partial charge in [0.05, 0.1) is 0 Å². The van der Waals surface area contributed by atoms with E-state index in [1.54, 1.807) is 4.90 Å². The zero-order chi connectivity index (χ0) is 37.0. The van der Waals surface area contributed by atoms with Gasteiger partial charge in [0.1, 0.15) is 29.3 Å². The van der Waals surface area contributed by atoms with Crippen molar-refractivity contribution in [2.75, 3.05) is 32.7 Å². The van der Waals surface area contributed by atoms with Gasteiger partial charge in [0.2, 0.25) is 0 Å². The standard InChI is InChI=1S/C40H44N6O6/c1-3-5-16-45(4-2)25-33-15-10-17-46(33)40(52)36-22-31(21-35(44-36)39(51)42-24-37(48)49)30-19-32(26-47)43-34(20-30)38(50)41-23-27-11-9-14-29(18-27)28-12-7-6-8-13-28/h6-9,11-14,18-22,26,33H,3-5,10,15-17,23-25H2,1-2H3,(H,41,50)(H,42,51)(H,48,49). The average Bonchev–Trinajstić information content (AvgIpc) is 3.65. The van der Waals surface area contributed by atoms with Crippen LogP contribution in [0.2, 0.25) is 0 Å². The number of carboxylic acids is 1. The number of carbonyl (C=O) groups is 5. The second kappa shape index (κ2) is 18.0. The normalized spacial score (nSPS) is 13.9. The molecule has 0 bridgehead atoms. The number of aliphatic carboxylic acids is 1. The van der Waals surface area contributed by atoms with Gasteiger partial charge in [0.15, 0.2) is 6.29 Å². The summed E-state index contributed by atoms with van der Waals surface area (Å²) in [5.41, 5.74) is 3.36. The Morgan fingerprint density at radius 1 is 0.846 bits per heavy atom. The highest BCUT2D eigenvalue weighted by atomic mass is 16.4. The van der Waals surface area contributed by atoms with Gasteiger partial charge < -0.3 is 25.5 Å². The Morgan fingerprint density at radius 3 is 2.25 bits per heavy atom. The number of nitrogens with zero attached hydrogens (tertiary/aromatic N) is 4. The third-order valence-corrected chi connectivity index (χ3v) is 9.08. The minimum absolute atomic E-state index is 0.00440. The SMILES string of the molecule is CCCCN(CC)CC1CCCN1C(=O)c1cc(-c2cc(C=O)nc(C(=O)NCc3cccc(-c4ccccc4)c3)c2)cc(C(=O)NCC(=O)O)n1. The van der Waals surface area contributed by atoms with Gasteiger partial charge in [-0.1, -0.05) is 68.8 Å². The minimum Gasteiger partial charge on any atom is -0.480 e. The van der Waals surface area contributed by atoms with Gasteiger partial charge in [-0.25, -0.2) is 9.97 Å². The van der Waals surface area contributed by atoms with Crippen LogP contribution in [-0.4, -0.2) is 93.6 Å². The summed E-state index contributed by atoms with van der Waals surface area (Å²) in [6.45, 7) is 6.85. The molecule has 2 aromatic carbocycles. The Bertz CT molecular complexity index is 1920. The van der Waals surface area contributed by atoms with E-state index in [9.17, 15) is 24.0 Å². The third-order valence-electron chi connectivity index (χ3n) is 9.08. The second-order valence-electron chi connectivity index (χ2n) is 12.8. The largest absolute Gasteiger partial charge is 0.480 e. The predicted octanol–water partition coefficient (Wildman–Crippen LogP) is 5.09. The lowest BCUT2D eigenvalue weighted by molar-refractivity contribution is -0.135. The number of nitrogens with one attached hydrogen (secondary N) is 2. The molecule has 1 unspecified atom stereocenters. The second-order valence-corrected chi connectivity index (χ2v) is 12.8. The van der Waals surface area contributed by atoms with Crippen LogP contribution in [0, 0.1) is 0 Å². The van der Waals surface area contributed by atoms with E-state index in [0.717, 1.165) is 62.0 Å². The molecule has 3 N–H and O–H groups in total. The van der Waals surface area contributed by atoms with E-state index in [4.69, 9.17) is 5.11 Å². The first-order valence-electron chi connectivity index (χ1n) is 17.6. The summed E-state index contributed by atoms with van der Waals surface area (Å²) in [7, 11) is 0. The zero-order valence-electron chi connectivity index (χ0n) is 29.5. The lowest BCUT2D eigenvalue weighted by Crippen LogP contribution is -2.44. The van der Waals surface area contributed by atoms with Crippen molar-refractivity contribution in [1.82, 2.24) is 30.4 Å². The average molecular weight is 705 g/mol. The number of amides is 3. The Morgan fingerprint density at radius 2 is 1.54 bits per heavy atom. The summed E-state index contributed by atoms with van der Waals surface area (Å²) in [5, 5.41) is 14.3. The van der Waals surface area contributed by atoms with E-state index < -0.39 is 24.3 Å². The number of hydrogen-bond donors (Lipinski definition) is 3. The molecule has 0 radical (unpaired) electrons. The highest BCUT2D eigenvalue weighted by Gasteiger charge is 2.32. The van der Waals surface area contributed by atoms with Crippen LogP contribution in [0.25, 0.3) is 22.3 Å². The molecule has 0 saturated carbocycles. The number of benzene rings is 2. The molecular weight excluding hydrogens is 660 g/mol. The van der Waals surface area contributed by atoms with Gasteiger partial charge in [0.25, 0.3) is 17.7 Å². The number of aldehydes is 1. The summed E-state index contributed by atoms with van der Waals surface area (Å²) in [4.78, 5) is 76.6. The molecule has 1 aliphatic rings. The van der Waals surface area contributed by atoms with Crippen LogP contribution in [0.4, 0.5) is 0 Å². The van der Waals surface area contributed by atoms with Crippen LogP contribution < -0.4 is 10.6 Å². The van der Waals surface area contributed by atoms with Crippen molar-refractivity contribution in [2.45, 2.75) is 52.1 Å². The Kier molecular flexibility index (Phi) is 12.9. The van der Waals surface area contributed by atoms with Crippen molar-refractivity contribution in [1.29, 1.82) is 0 Å². The highest BCUT2D eigenvalue weighted by Crippen LogP contribution is 2.26. The van der Waals surface area contributed by atoms with Crippen LogP contribution in [-0.2, 0) is 11.3 Å². The molecule has 52 heavy (non-hydrogen) atoms. The van der Waals surface area contributed by atoms with Crippen LogP contribution in [0.15, 0.2) is 78.9 Å². The molecule has 12 nitrogen and oxygen atoms in total. The number of hydrogen-bond acceptors (Lipinski definition) is 8. The van der Waals surface area contributed by atoms with Gasteiger partial charge in [0, 0.05) is 25.7 Å². The summed E-state index contributed by atoms with van der Waals surface area (Å²) in [5.74, 6) is -2.91. The molecule has 0 aliphatic carbocycles. The summed E-state index contributed by atoms with van der Waals surface area (Å²) < 4.78 is 0. The van der Waals surface area contributed by atoms with Gasteiger partial charge >= 0.3 is 5.97 Å². The smallest absolute Gasteiger partial charge is 0.322 e. The van der Waals surface area contributed by atoms with Gasteiger partial charge in [-0.3, -0.25) is 24.0 Å². The van der Waals surface area contributed by atoms with E-state index in [1.165, 1.54) is 24.3 Å². The summed E-state index contributed by atoms with van der Waals surface area (Å²) in [6.07, 6.45) is 4.31. The lowest BCUT2D eigenvalue weighted by Gasteiger charge is -2.30. The Hall–Kier alpha value is -5.75. The molecule has 1 fully saturated rings. The van der Waals surface area contributed by atoms with Gasteiger partial charge in [-0.15, -0.1) is 0 Å². The molecule has 1 aliphatic heterocycles. The number of unbranched alkanes of at least 4 members (excludes halogenated alkanes) is 1. The summed E-state index contributed by atoms with van der Waals surface area (Å²) >= 11 is 0. The molecule has 12 heteroatoms. The number of carbonyl (C=O) groups excluding carboxylic acids is 4. The van der Waals surface area contributed by atoms with E-state index in [2.05, 4.69) is 39.3 Å². The first kappa shape index (κ1) is 37.5. The van der Waals surface area contributed by atoms with Crippen molar-refractivity contribution in [2.24, 2.45) is 0 Å². The minimum atomic E-state index is -1.24. The maximum absolute atomic E-state index is 14.1. The van der Waals surface area contributed by atoms with Crippen molar-refractivity contribution < 1.29 is 29.1 Å².